The maximum Gasteiger partial charge on any atom is 0.417 e. The van der Waals surface area contributed by atoms with Crippen molar-refractivity contribution < 1.29 is 17.6 Å². The summed E-state index contributed by atoms with van der Waals surface area (Å²) < 4.78 is 43.6. The molecule has 1 aliphatic heterocycles. The van der Waals surface area contributed by atoms with Crippen molar-refractivity contribution in [2.24, 2.45) is 5.92 Å². The van der Waals surface area contributed by atoms with E-state index < -0.39 is 17.9 Å². The van der Waals surface area contributed by atoms with Crippen LogP contribution < -0.4 is 16.0 Å². The molecule has 2 N–H and O–H groups in total. The van der Waals surface area contributed by atoms with Crippen LogP contribution in [-0.2, 0) is 0 Å². The lowest BCUT2D eigenvalue weighted by Crippen LogP contribution is -2.39. The molecule has 1 fully saturated rings. The lowest BCUT2D eigenvalue weighted by atomic mass is 9.96. The van der Waals surface area contributed by atoms with Gasteiger partial charge < -0.3 is 14.6 Å². The maximum atomic E-state index is 12.8. The third-order valence-electron chi connectivity index (χ3n) is 5.23. The SMILES string of the molecule is Cc1cc(N2CCC(C(F)(F)F)CC2)ccc1Nc1ccc2[nH]c(=O)oc2c1. The molecule has 0 aliphatic carbocycles. The van der Waals surface area contributed by atoms with Crippen molar-refractivity contribution in [3.05, 3.63) is 52.5 Å². The second kappa shape index (κ2) is 6.92. The Labute approximate surface area is 159 Å². The fraction of sp³-hybridized carbons (Fsp3) is 0.350. The van der Waals surface area contributed by atoms with Crippen LogP contribution in [0.4, 0.5) is 30.2 Å². The Bertz CT molecular complexity index is 1050. The number of hydrogen-bond donors (Lipinski definition) is 2. The van der Waals surface area contributed by atoms with Crippen molar-refractivity contribution in [3.63, 3.8) is 0 Å². The number of anilines is 3. The summed E-state index contributed by atoms with van der Waals surface area (Å²) >= 11 is 0. The Morgan fingerprint density at radius 1 is 1.14 bits per heavy atom. The number of benzene rings is 2. The smallest absolute Gasteiger partial charge is 0.408 e. The Kier molecular flexibility index (Phi) is 4.56. The minimum Gasteiger partial charge on any atom is -0.408 e. The molecule has 28 heavy (non-hydrogen) atoms. The topological polar surface area (TPSA) is 61.3 Å². The number of nitrogens with one attached hydrogen (secondary N) is 2. The fourth-order valence-corrected chi connectivity index (χ4v) is 3.63. The number of alkyl halides is 3. The third kappa shape index (κ3) is 3.72. The van der Waals surface area contributed by atoms with Gasteiger partial charge in [-0.05, 0) is 55.7 Å². The second-order valence-corrected chi connectivity index (χ2v) is 7.15. The average Bonchev–Trinajstić information content (AvgIpc) is 3.02. The van der Waals surface area contributed by atoms with Crippen molar-refractivity contribution in [2.45, 2.75) is 25.9 Å². The first-order valence-corrected chi connectivity index (χ1v) is 9.12. The molecule has 8 heteroatoms. The van der Waals surface area contributed by atoms with Crippen LogP contribution in [-0.4, -0.2) is 24.2 Å². The maximum absolute atomic E-state index is 12.8. The zero-order chi connectivity index (χ0) is 19.9. The number of aromatic nitrogens is 1. The summed E-state index contributed by atoms with van der Waals surface area (Å²) in [5.74, 6) is -1.70. The molecule has 0 saturated carbocycles. The molecule has 1 aromatic heterocycles. The van der Waals surface area contributed by atoms with E-state index in [1.165, 1.54) is 0 Å². The highest BCUT2D eigenvalue weighted by atomic mass is 19.4. The number of nitrogens with zero attached hydrogens (tertiary/aromatic N) is 1. The lowest BCUT2D eigenvalue weighted by molar-refractivity contribution is -0.179. The van der Waals surface area contributed by atoms with Crippen LogP contribution in [0.2, 0.25) is 0 Å². The first kappa shape index (κ1) is 18.5. The minimum atomic E-state index is -4.10. The zero-order valence-electron chi connectivity index (χ0n) is 15.3. The molecular formula is C20H20F3N3O2. The van der Waals surface area contributed by atoms with E-state index in [4.69, 9.17) is 4.42 Å². The van der Waals surface area contributed by atoms with Gasteiger partial charge in [0.1, 0.15) is 0 Å². The van der Waals surface area contributed by atoms with Crippen molar-refractivity contribution in [1.29, 1.82) is 0 Å². The van der Waals surface area contributed by atoms with Crippen LogP contribution in [0.3, 0.4) is 0 Å². The van der Waals surface area contributed by atoms with Gasteiger partial charge >= 0.3 is 11.9 Å². The predicted molar refractivity (Wildman–Crippen MR) is 102 cm³/mol. The monoisotopic (exact) mass is 391 g/mol. The zero-order valence-corrected chi connectivity index (χ0v) is 15.3. The van der Waals surface area contributed by atoms with E-state index in [0.29, 0.717) is 24.2 Å². The number of aromatic amines is 1. The molecule has 0 radical (unpaired) electrons. The number of aryl methyl sites for hydroxylation is 1. The van der Waals surface area contributed by atoms with Gasteiger partial charge in [-0.15, -0.1) is 0 Å². The lowest BCUT2D eigenvalue weighted by Gasteiger charge is -2.34. The van der Waals surface area contributed by atoms with Gasteiger partial charge in [-0.1, -0.05) is 0 Å². The van der Waals surface area contributed by atoms with Gasteiger partial charge in [-0.3, -0.25) is 4.98 Å². The van der Waals surface area contributed by atoms with Crippen LogP contribution in [0.15, 0.2) is 45.6 Å². The summed E-state index contributed by atoms with van der Waals surface area (Å²) in [6.07, 6.45) is -3.84. The van der Waals surface area contributed by atoms with Crippen molar-refractivity contribution in [3.8, 4) is 0 Å². The predicted octanol–water partition coefficient (Wildman–Crippen LogP) is 4.95. The molecule has 0 atom stereocenters. The van der Waals surface area contributed by atoms with Gasteiger partial charge in [0.25, 0.3) is 0 Å². The number of piperidine rings is 1. The molecule has 3 aromatic rings. The summed E-state index contributed by atoms with van der Waals surface area (Å²) in [7, 11) is 0. The van der Waals surface area contributed by atoms with Gasteiger partial charge in [-0.2, -0.15) is 13.2 Å². The standard InChI is InChI=1S/C20H20F3N3O2/c1-12-10-15(26-8-6-13(7-9-26)20(21,22)23)3-5-16(12)24-14-2-4-17-18(11-14)28-19(27)25-17/h2-5,10-11,13,24H,6-9H2,1H3,(H,25,27). The first-order valence-electron chi connectivity index (χ1n) is 9.12. The Morgan fingerprint density at radius 2 is 1.89 bits per heavy atom. The average molecular weight is 391 g/mol. The van der Waals surface area contributed by atoms with E-state index in [0.717, 1.165) is 22.6 Å². The van der Waals surface area contributed by atoms with Crippen LogP contribution in [0.25, 0.3) is 11.1 Å². The summed E-state index contributed by atoms with van der Waals surface area (Å²) in [6, 6.07) is 11.1. The van der Waals surface area contributed by atoms with Crippen molar-refractivity contribution in [1.82, 2.24) is 4.98 Å². The van der Waals surface area contributed by atoms with E-state index in [1.54, 1.807) is 12.1 Å². The van der Waals surface area contributed by atoms with Gasteiger partial charge in [-0.25, -0.2) is 4.79 Å². The van der Waals surface area contributed by atoms with Gasteiger partial charge in [0.2, 0.25) is 0 Å². The molecule has 0 amide bonds. The largest absolute Gasteiger partial charge is 0.417 e. The fourth-order valence-electron chi connectivity index (χ4n) is 3.63. The molecule has 4 rings (SSSR count). The van der Waals surface area contributed by atoms with Gasteiger partial charge in [0, 0.05) is 36.2 Å². The Balaban J connectivity index is 1.47. The van der Waals surface area contributed by atoms with E-state index in [2.05, 4.69) is 10.3 Å². The van der Waals surface area contributed by atoms with Crippen LogP contribution in [0.1, 0.15) is 18.4 Å². The normalized spacial score (nSPS) is 15.9. The molecule has 1 aliphatic rings. The molecule has 2 heterocycles. The van der Waals surface area contributed by atoms with Crippen molar-refractivity contribution in [2.75, 3.05) is 23.3 Å². The number of H-pyrrole nitrogens is 1. The summed E-state index contributed by atoms with van der Waals surface area (Å²) in [6.45, 7) is 2.75. The minimum absolute atomic E-state index is 0.129. The molecule has 148 valence electrons. The quantitative estimate of drug-likeness (QED) is 0.663. The van der Waals surface area contributed by atoms with E-state index in [1.807, 2.05) is 36.1 Å². The number of hydrogen-bond acceptors (Lipinski definition) is 4. The molecule has 0 spiro atoms. The first-order chi connectivity index (χ1) is 13.3. The highest BCUT2D eigenvalue weighted by Gasteiger charge is 2.41. The van der Waals surface area contributed by atoms with Crippen LogP contribution in [0, 0.1) is 12.8 Å². The van der Waals surface area contributed by atoms with E-state index >= 15 is 0 Å². The molecular weight excluding hydrogens is 371 g/mol. The Hall–Kier alpha value is -2.90. The number of fused-ring (bicyclic) bond motifs is 1. The summed E-state index contributed by atoms with van der Waals surface area (Å²) in [4.78, 5) is 15.9. The van der Waals surface area contributed by atoms with Gasteiger partial charge in [0.15, 0.2) is 5.58 Å². The number of oxazole rings is 1. The Morgan fingerprint density at radius 3 is 2.57 bits per heavy atom. The molecule has 2 aromatic carbocycles. The van der Waals surface area contributed by atoms with Crippen molar-refractivity contribution >= 4 is 28.2 Å². The molecule has 5 nitrogen and oxygen atoms in total. The molecule has 1 saturated heterocycles. The van der Waals surface area contributed by atoms with E-state index in [-0.39, 0.29) is 12.8 Å². The summed E-state index contributed by atoms with van der Waals surface area (Å²) in [5, 5.41) is 3.29. The van der Waals surface area contributed by atoms with Gasteiger partial charge in [0.05, 0.1) is 11.4 Å². The van der Waals surface area contributed by atoms with Crippen LogP contribution >= 0.6 is 0 Å². The molecule has 0 bridgehead atoms. The van der Waals surface area contributed by atoms with E-state index in [9.17, 15) is 18.0 Å². The number of rotatable bonds is 3. The summed E-state index contributed by atoms with van der Waals surface area (Å²) in [5.41, 5.74) is 4.66. The third-order valence-corrected chi connectivity index (χ3v) is 5.23. The second-order valence-electron chi connectivity index (χ2n) is 7.15. The highest BCUT2D eigenvalue weighted by Crippen LogP contribution is 2.36. The number of halogens is 3. The van der Waals surface area contributed by atoms with Crippen LogP contribution in [0.5, 0.6) is 0 Å². The highest BCUT2D eigenvalue weighted by molar-refractivity contribution is 5.79. The molecule has 0 unspecified atom stereocenters.